The van der Waals surface area contributed by atoms with E-state index in [2.05, 4.69) is 4.72 Å². The number of carbonyl (C=O) groups is 1. The highest BCUT2D eigenvalue weighted by molar-refractivity contribution is 7.92. The predicted octanol–water partition coefficient (Wildman–Crippen LogP) is 4.01. The Kier molecular flexibility index (Phi) is 4.86. The number of hydrogen-bond donors (Lipinski definition) is 1. The first-order valence-corrected chi connectivity index (χ1v) is 11.2. The number of nitrogens with one attached hydrogen (secondary N) is 1. The molecule has 0 radical (unpaired) electrons. The second kappa shape index (κ2) is 7.22. The summed E-state index contributed by atoms with van der Waals surface area (Å²) in [4.78, 5) is 14.4. The first kappa shape index (κ1) is 19.5. The summed E-state index contributed by atoms with van der Waals surface area (Å²) >= 11 is 0. The van der Waals surface area contributed by atoms with Crippen molar-refractivity contribution in [2.75, 3.05) is 11.3 Å². The number of benzene rings is 2. The van der Waals surface area contributed by atoms with Crippen molar-refractivity contribution in [3.63, 3.8) is 0 Å². The molecule has 6 nitrogen and oxygen atoms in total. The topological polar surface area (TPSA) is 75.7 Å². The van der Waals surface area contributed by atoms with Crippen LogP contribution in [0.2, 0.25) is 0 Å². The standard InChI is InChI=1S/C22H24N2O4S/c1-22(2)15-19(24-13-7-6-10-21(24)25)18-14-17(11-12-20(18)28-22)29(26,27)23-16-8-4-3-5-9-16/h3-5,8-9,11-12,14-15,23H,6-7,10,13H2,1-2H3. The quantitative estimate of drug-likeness (QED) is 0.823. The van der Waals surface area contributed by atoms with Gasteiger partial charge in [-0.3, -0.25) is 9.52 Å². The van der Waals surface area contributed by atoms with E-state index in [4.69, 9.17) is 4.74 Å². The molecule has 0 atom stereocenters. The summed E-state index contributed by atoms with van der Waals surface area (Å²) in [5.41, 5.74) is 1.24. The Morgan fingerprint density at radius 3 is 2.55 bits per heavy atom. The van der Waals surface area contributed by atoms with E-state index < -0.39 is 15.6 Å². The number of amides is 1. The molecule has 0 bridgehead atoms. The van der Waals surface area contributed by atoms with Crippen LogP contribution in [0.15, 0.2) is 59.5 Å². The molecule has 0 unspecified atom stereocenters. The molecular formula is C22H24N2O4S. The van der Waals surface area contributed by atoms with Crippen molar-refractivity contribution in [3.8, 4) is 5.75 Å². The Bertz CT molecular complexity index is 1080. The van der Waals surface area contributed by atoms with Crippen molar-refractivity contribution in [1.29, 1.82) is 0 Å². The number of sulfonamides is 1. The highest BCUT2D eigenvalue weighted by Gasteiger charge is 2.33. The van der Waals surface area contributed by atoms with Gasteiger partial charge >= 0.3 is 0 Å². The fourth-order valence-electron chi connectivity index (χ4n) is 3.69. The second-order valence-corrected chi connectivity index (χ2v) is 9.55. The van der Waals surface area contributed by atoms with Gasteiger partial charge in [-0.15, -0.1) is 0 Å². The third-order valence-corrected chi connectivity index (χ3v) is 6.41. The zero-order chi connectivity index (χ0) is 20.6. The molecule has 2 aliphatic heterocycles. The first-order chi connectivity index (χ1) is 13.8. The number of nitrogens with zero attached hydrogens (tertiary/aromatic N) is 1. The molecule has 2 aromatic rings. The van der Waals surface area contributed by atoms with E-state index in [1.54, 1.807) is 41.3 Å². The Hall–Kier alpha value is -2.80. The minimum Gasteiger partial charge on any atom is -0.483 e. The molecular weight excluding hydrogens is 388 g/mol. The second-order valence-electron chi connectivity index (χ2n) is 7.87. The van der Waals surface area contributed by atoms with Gasteiger partial charge in [-0.1, -0.05) is 18.2 Å². The van der Waals surface area contributed by atoms with Crippen molar-refractivity contribution in [2.24, 2.45) is 0 Å². The van der Waals surface area contributed by atoms with E-state index in [0.717, 1.165) is 18.5 Å². The van der Waals surface area contributed by atoms with E-state index in [9.17, 15) is 13.2 Å². The lowest BCUT2D eigenvalue weighted by Gasteiger charge is -2.37. The Morgan fingerprint density at radius 2 is 1.83 bits per heavy atom. The zero-order valence-corrected chi connectivity index (χ0v) is 17.3. The highest BCUT2D eigenvalue weighted by atomic mass is 32.2. The molecule has 1 N–H and O–H groups in total. The maximum absolute atomic E-state index is 12.9. The fraction of sp³-hybridized carbons (Fsp3) is 0.318. The summed E-state index contributed by atoms with van der Waals surface area (Å²) in [5.74, 6) is 0.631. The number of carbonyl (C=O) groups excluding carboxylic acids is 1. The molecule has 4 rings (SSSR count). The van der Waals surface area contributed by atoms with Gasteiger partial charge in [0, 0.05) is 24.2 Å². The number of likely N-dealkylation sites (tertiary alicyclic amines) is 1. The van der Waals surface area contributed by atoms with Gasteiger partial charge < -0.3 is 9.64 Å². The number of rotatable bonds is 4. The molecule has 2 aromatic carbocycles. The number of fused-ring (bicyclic) bond motifs is 1. The molecule has 7 heteroatoms. The van der Waals surface area contributed by atoms with E-state index in [1.807, 2.05) is 26.0 Å². The Balaban J connectivity index is 1.75. The summed E-state index contributed by atoms with van der Waals surface area (Å²) in [6.45, 7) is 4.47. The lowest BCUT2D eigenvalue weighted by Crippen LogP contribution is -2.38. The summed E-state index contributed by atoms with van der Waals surface area (Å²) in [5, 5.41) is 0. The van der Waals surface area contributed by atoms with Crippen LogP contribution in [-0.4, -0.2) is 31.4 Å². The lowest BCUT2D eigenvalue weighted by atomic mass is 9.96. The van der Waals surface area contributed by atoms with Crippen molar-refractivity contribution in [1.82, 2.24) is 4.90 Å². The summed E-state index contributed by atoms with van der Waals surface area (Å²) in [6, 6.07) is 13.5. The van der Waals surface area contributed by atoms with Crippen LogP contribution in [0.1, 0.15) is 38.7 Å². The van der Waals surface area contributed by atoms with Gasteiger partial charge in [-0.25, -0.2) is 8.42 Å². The van der Waals surface area contributed by atoms with Gasteiger partial charge in [-0.2, -0.15) is 0 Å². The number of anilines is 1. The van der Waals surface area contributed by atoms with Crippen LogP contribution in [0.4, 0.5) is 5.69 Å². The molecule has 0 spiro atoms. The van der Waals surface area contributed by atoms with Crippen molar-refractivity contribution >= 4 is 27.3 Å². The van der Waals surface area contributed by atoms with E-state index in [1.165, 1.54) is 6.07 Å². The maximum atomic E-state index is 12.9. The van der Waals surface area contributed by atoms with Crippen molar-refractivity contribution in [2.45, 2.75) is 43.6 Å². The third-order valence-electron chi connectivity index (χ3n) is 5.03. The molecule has 2 aliphatic rings. The SMILES string of the molecule is CC1(C)C=C(N2CCCCC2=O)c2cc(S(=O)(=O)Nc3ccccc3)ccc2O1. The van der Waals surface area contributed by atoms with E-state index in [-0.39, 0.29) is 10.8 Å². The molecule has 1 fully saturated rings. The molecule has 29 heavy (non-hydrogen) atoms. The van der Waals surface area contributed by atoms with Gasteiger partial charge in [0.05, 0.1) is 10.6 Å². The predicted molar refractivity (Wildman–Crippen MR) is 112 cm³/mol. The van der Waals surface area contributed by atoms with Crippen LogP contribution in [-0.2, 0) is 14.8 Å². The minimum atomic E-state index is -3.78. The molecule has 1 saturated heterocycles. The van der Waals surface area contributed by atoms with Crippen LogP contribution in [0.5, 0.6) is 5.75 Å². The summed E-state index contributed by atoms with van der Waals surface area (Å²) in [6.07, 6.45) is 4.21. The van der Waals surface area contributed by atoms with E-state index >= 15 is 0 Å². The van der Waals surface area contributed by atoms with Gasteiger partial charge in [0.15, 0.2) is 0 Å². The molecule has 0 saturated carbocycles. The number of ether oxygens (including phenoxy) is 1. The molecule has 152 valence electrons. The number of hydrogen-bond acceptors (Lipinski definition) is 4. The summed E-state index contributed by atoms with van der Waals surface area (Å²) in [7, 11) is -3.78. The van der Waals surface area contributed by atoms with Gasteiger partial charge in [0.2, 0.25) is 5.91 Å². The van der Waals surface area contributed by atoms with Gasteiger partial charge in [0.1, 0.15) is 11.4 Å². The molecule has 0 aromatic heterocycles. The van der Waals surface area contributed by atoms with Gasteiger partial charge in [-0.05, 0) is 63.1 Å². The van der Waals surface area contributed by atoms with Crippen molar-refractivity contribution in [3.05, 3.63) is 60.2 Å². The van der Waals surface area contributed by atoms with Crippen LogP contribution in [0, 0.1) is 0 Å². The fourth-order valence-corrected chi connectivity index (χ4v) is 4.77. The molecule has 0 aliphatic carbocycles. The van der Waals surface area contributed by atoms with Crippen LogP contribution in [0.25, 0.3) is 5.70 Å². The van der Waals surface area contributed by atoms with Crippen LogP contribution < -0.4 is 9.46 Å². The van der Waals surface area contributed by atoms with Crippen LogP contribution >= 0.6 is 0 Å². The molecule has 1 amide bonds. The first-order valence-electron chi connectivity index (χ1n) is 9.70. The lowest BCUT2D eigenvalue weighted by molar-refractivity contribution is -0.129. The normalized spacial score (nSPS) is 18.5. The Morgan fingerprint density at radius 1 is 1.07 bits per heavy atom. The monoisotopic (exact) mass is 412 g/mol. The zero-order valence-electron chi connectivity index (χ0n) is 16.5. The van der Waals surface area contributed by atoms with Crippen LogP contribution in [0.3, 0.4) is 0 Å². The number of piperidine rings is 1. The van der Waals surface area contributed by atoms with E-state index in [0.29, 0.717) is 30.0 Å². The average Bonchev–Trinajstić information content (AvgIpc) is 2.67. The maximum Gasteiger partial charge on any atom is 0.261 e. The third kappa shape index (κ3) is 4.00. The largest absolute Gasteiger partial charge is 0.483 e. The minimum absolute atomic E-state index is 0.0572. The molecule has 2 heterocycles. The number of para-hydroxylation sites is 1. The van der Waals surface area contributed by atoms with Gasteiger partial charge in [0.25, 0.3) is 10.0 Å². The Labute approximate surface area is 171 Å². The summed E-state index contributed by atoms with van der Waals surface area (Å²) < 4.78 is 34.4. The van der Waals surface area contributed by atoms with Crippen molar-refractivity contribution < 1.29 is 17.9 Å². The average molecular weight is 413 g/mol. The highest BCUT2D eigenvalue weighted by Crippen LogP contribution is 2.40. The smallest absolute Gasteiger partial charge is 0.261 e.